The van der Waals surface area contributed by atoms with Gasteiger partial charge in [-0.15, -0.1) is 0 Å². The van der Waals surface area contributed by atoms with E-state index in [1.165, 1.54) is 33.0 Å². The van der Waals surface area contributed by atoms with Crippen molar-refractivity contribution in [3.63, 3.8) is 0 Å². The molecule has 3 aromatic carbocycles. The van der Waals surface area contributed by atoms with Gasteiger partial charge < -0.3 is 23.9 Å². The highest BCUT2D eigenvalue weighted by Crippen LogP contribution is 2.47. The number of aryl methyl sites for hydroxylation is 2. The molecule has 0 saturated carbocycles. The van der Waals surface area contributed by atoms with Crippen LogP contribution in [0.25, 0.3) is 28.1 Å². The molecule has 2 aliphatic heterocycles. The summed E-state index contributed by atoms with van der Waals surface area (Å²) in [5.41, 5.74) is 4.81. The number of nitrogens with one attached hydrogen (secondary N) is 1. The van der Waals surface area contributed by atoms with Crippen LogP contribution in [0.1, 0.15) is 84.0 Å². The van der Waals surface area contributed by atoms with Crippen molar-refractivity contribution < 1.29 is 32.0 Å². The summed E-state index contributed by atoms with van der Waals surface area (Å²) in [5.74, 6) is -0.0488. The Bertz CT molecular complexity index is 2620. The molecular formula is C43H46F3N6O5P. The van der Waals surface area contributed by atoms with Gasteiger partial charge >= 0.3 is 12.3 Å². The molecule has 0 spiro atoms. The molecule has 8 rings (SSSR count). The van der Waals surface area contributed by atoms with E-state index in [1.54, 1.807) is 61.7 Å². The maximum absolute atomic E-state index is 14.9. The van der Waals surface area contributed by atoms with Gasteiger partial charge in [0.25, 0.3) is 5.91 Å². The second-order valence-corrected chi connectivity index (χ2v) is 18.7. The van der Waals surface area contributed by atoms with Crippen LogP contribution in [-0.4, -0.2) is 73.4 Å². The number of hydrogen-bond acceptors (Lipinski definition) is 6. The fourth-order valence-electron chi connectivity index (χ4n) is 8.57. The van der Waals surface area contributed by atoms with Crippen molar-refractivity contribution in [3.8, 4) is 22.9 Å². The summed E-state index contributed by atoms with van der Waals surface area (Å²) in [7, 11) is -3.04. The molecule has 11 nitrogen and oxygen atoms in total. The maximum atomic E-state index is 14.9. The monoisotopic (exact) mass is 814 g/mol. The lowest BCUT2D eigenvalue weighted by Crippen LogP contribution is -2.39. The Kier molecular flexibility index (Phi) is 10.5. The highest BCUT2D eigenvalue weighted by atomic mass is 31.2. The first-order valence-corrected chi connectivity index (χ1v) is 21.8. The van der Waals surface area contributed by atoms with Crippen LogP contribution in [0, 0.1) is 19.7 Å². The third kappa shape index (κ3) is 6.89. The third-order valence-corrected chi connectivity index (χ3v) is 15.1. The van der Waals surface area contributed by atoms with Crippen LogP contribution in [0.2, 0.25) is 0 Å². The number of hydrogen-bond donors (Lipinski definition) is 1. The van der Waals surface area contributed by atoms with Crippen LogP contribution in [-0.2, 0) is 15.7 Å². The molecular weight excluding hydrogens is 768 g/mol. The number of benzene rings is 3. The zero-order valence-corrected chi connectivity index (χ0v) is 34.0. The first-order chi connectivity index (χ1) is 27.8. The summed E-state index contributed by atoms with van der Waals surface area (Å²) in [5, 5.41) is 6.12. The molecule has 2 aliphatic rings. The van der Waals surface area contributed by atoms with Crippen LogP contribution < -0.4 is 15.7 Å². The molecule has 1 fully saturated rings. The number of aromatic nitrogens is 5. The Morgan fingerprint density at radius 2 is 1.69 bits per heavy atom. The van der Waals surface area contributed by atoms with Crippen LogP contribution >= 0.6 is 7.14 Å². The number of imidazole rings is 1. The lowest BCUT2D eigenvalue weighted by molar-refractivity contribution is -0.0491. The van der Waals surface area contributed by atoms with Gasteiger partial charge in [-0.25, -0.2) is 13.9 Å². The third-order valence-electron chi connectivity index (χ3n) is 11.8. The van der Waals surface area contributed by atoms with Crippen molar-refractivity contribution >= 4 is 29.3 Å². The predicted molar refractivity (Wildman–Crippen MR) is 217 cm³/mol. The van der Waals surface area contributed by atoms with Crippen molar-refractivity contribution in [2.45, 2.75) is 72.5 Å². The molecule has 1 saturated heterocycles. The van der Waals surface area contributed by atoms with Crippen LogP contribution in [0.3, 0.4) is 0 Å². The summed E-state index contributed by atoms with van der Waals surface area (Å²) in [6.07, 6.45) is 5.86. The average Bonchev–Trinajstić information content (AvgIpc) is 3.94. The van der Waals surface area contributed by atoms with Gasteiger partial charge in [0, 0.05) is 73.4 Å². The molecule has 1 atom stereocenters. The molecule has 0 bridgehead atoms. The highest BCUT2D eigenvalue weighted by Gasteiger charge is 2.36. The van der Waals surface area contributed by atoms with Gasteiger partial charge in [-0.2, -0.15) is 13.9 Å². The first kappa shape index (κ1) is 39.5. The van der Waals surface area contributed by atoms with Gasteiger partial charge in [0.15, 0.2) is 0 Å². The average molecular weight is 815 g/mol. The highest BCUT2D eigenvalue weighted by molar-refractivity contribution is 7.71. The fourth-order valence-corrected chi connectivity index (χ4v) is 10.6. The van der Waals surface area contributed by atoms with E-state index in [-0.39, 0.29) is 40.8 Å². The van der Waals surface area contributed by atoms with Crippen molar-refractivity contribution in [1.82, 2.24) is 28.8 Å². The first-order valence-electron chi connectivity index (χ1n) is 19.7. The van der Waals surface area contributed by atoms with E-state index in [0.717, 1.165) is 37.0 Å². The normalized spacial score (nSPS) is 16.4. The lowest BCUT2D eigenvalue weighted by Gasteiger charge is -2.33. The molecule has 15 heteroatoms. The summed E-state index contributed by atoms with van der Waals surface area (Å²) in [6.45, 7) is 7.35. The minimum absolute atomic E-state index is 0.191. The molecule has 1 N–H and O–H groups in total. The lowest BCUT2D eigenvalue weighted by atomic mass is 9.91. The summed E-state index contributed by atoms with van der Waals surface area (Å²) in [6, 6.07) is 15.3. The molecule has 0 radical (unpaired) electrons. The maximum Gasteiger partial charge on any atom is 0.387 e. The number of carbonyl (C=O) groups excluding carboxylic acids is 1. The van der Waals surface area contributed by atoms with Crippen molar-refractivity contribution in [2.24, 2.45) is 0 Å². The standard InChI is InChI=1S/C43H46F3N6O5P/c1-6-58(55,7-2)37-11-9-31(24-36(37)57-42(45)46)50-16-17-51(43(50)54)40-38-27(5)49(15-12-34(38)48-52(40)32-20-25(3)39(44)26(4)21-32)41(53)35-23-30-22-29(8-10-33(30)47-35)28-13-18-56-19-14-28/h8-11,16-17,20-24,27-28,42,47H,6-7,12-15,18-19H2,1-5H3/t27-/m0/s1. The number of amides is 1. The second kappa shape index (κ2) is 15.4. The van der Waals surface area contributed by atoms with Crippen LogP contribution in [0.15, 0.2) is 71.8 Å². The Balaban J connectivity index is 1.22. The second-order valence-electron chi connectivity index (χ2n) is 15.2. The number of alkyl halides is 2. The number of halogens is 3. The van der Waals surface area contributed by atoms with E-state index < -0.39 is 25.5 Å². The number of aromatic amines is 1. The van der Waals surface area contributed by atoms with Gasteiger partial charge in [0.1, 0.15) is 30.2 Å². The van der Waals surface area contributed by atoms with Gasteiger partial charge in [0.2, 0.25) is 0 Å². The van der Waals surface area contributed by atoms with Gasteiger partial charge in [-0.05, 0) is 98.7 Å². The number of nitrogens with zero attached hydrogens (tertiary/aromatic N) is 5. The van der Waals surface area contributed by atoms with Gasteiger partial charge in [0.05, 0.1) is 28.4 Å². The van der Waals surface area contributed by atoms with Crippen molar-refractivity contribution in [1.29, 1.82) is 0 Å². The number of H-pyrrole nitrogens is 1. The quantitative estimate of drug-likeness (QED) is 0.139. The fraction of sp³-hybridized carbons (Fsp3) is 0.372. The molecule has 0 aliphatic carbocycles. The summed E-state index contributed by atoms with van der Waals surface area (Å²) in [4.78, 5) is 34.0. The molecule has 6 aromatic rings. The SMILES string of the molecule is CCP(=O)(CC)c1ccc(-n2ccn(-c3c4c(nn3-c3cc(C)c(F)c(C)c3)CCN(C(=O)c3cc5cc(C6CCOCC6)ccc5[nH]3)[C@H]4C)c2=O)cc1OC(F)F. The van der Waals surface area contributed by atoms with Crippen molar-refractivity contribution in [2.75, 3.05) is 32.1 Å². The Morgan fingerprint density at radius 1 is 0.983 bits per heavy atom. The minimum Gasteiger partial charge on any atom is -0.434 e. The largest absolute Gasteiger partial charge is 0.434 e. The van der Waals surface area contributed by atoms with E-state index in [4.69, 9.17) is 14.6 Å². The van der Waals surface area contributed by atoms with Crippen molar-refractivity contribution in [3.05, 3.63) is 117 Å². The minimum atomic E-state index is -3.17. The van der Waals surface area contributed by atoms with E-state index in [9.17, 15) is 27.3 Å². The smallest absolute Gasteiger partial charge is 0.387 e. The van der Waals surface area contributed by atoms with Gasteiger partial charge in [-0.3, -0.25) is 13.9 Å². The van der Waals surface area contributed by atoms with Crippen LogP contribution in [0.4, 0.5) is 13.2 Å². The molecule has 0 unspecified atom stereocenters. The number of ether oxygens (including phenoxy) is 2. The number of carbonyl (C=O) groups is 1. The Hall–Kier alpha value is -5.33. The Labute approximate surface area is 333 Å². The molecule has 3 aromatic heterocycles. The van der Waals surface area contributed by atoms with Gasteiger partial charge in [-0.1, -0.05) is 19.9 Å². The zero-order chi connectivity index (χ0) is 41.0. The van der Waals surface area contributed by atoms with E-state index in [2.05, 4.69) is 17.1 Å². The van der Waals surface area contributed by atoms with E-state index in [0.29, 0.717) is 58.5 Å². The van der Waals surface area contributed by atoms with E-state index >= 15 is 0 Å². The number of fused-ring (bicyclic) bond motifs is 2. The Morgan fingerprint density at radius 3 is 2.38 bits per heavy atom. The summed E-state index contributed by atoms with van der Waals surface area (Å²) < 4.78 is 70.7. The zero-order valence-electron chi connectivity index (χ0n) is 33.1. The molecule has 58 heavy (non-hydrogen) atoms. The summed E-state index contributed by atoms with van der Waals surface area (Å²) >= 11 is 0. The molecule has 1 amide bonds. The van der Waals surface area contributed by atoms with Crippen LogP contribution in [0.5, 0.6) is 5.75 Å². The topological polar surface area (TPSA) is 116 Å². The predicted octanol–water partition coefficient (Wildman–Crippen LogP) is 8.33. The van der Waals surface area contributed by atoms with E-state index in [1.807, 2.05) is 19.1 Å². The molecule has 304 valence electrons. The number of rotatable bonds is 10. The molecule has 5 heterocycles.